The number of nitrogens with one attached hydrogen (secondary N) is 3. The molecule has 0 aliphatic heterocycles. The molecule has 0 atom stereocenters. The summed E-state index contributed by atoms with van der Waals surface area (Å²) in [5.41, 5.74) is 5.01. The molecule has 5 N–H and O–H groups in total. The minimum absolute atomic E-state index is 0.0480. The summed E-state index contributed by atoms with van der Waals surface area (Å²) in [7, 11) is 0. The number of aromatic nitrogens is 5. The number of guanidine groups is 1. The van der Waals surface area contributed by atoms with Crippen molar-refractivity contribution in [2.24, 2.45) is 10.7 Å². The minimum atomic E-state index is -4.44. The van der Waals surface area contributed by atoms with Gasteiger partial charge in [-0.15, -0.1) is 0 Å². The van der Waals surface area contributed by atoms with Crippen molar-refractivity contribution in [1.82, 2.24) is 25.1 Å². The van der Waals surface area contributed by atoms with E-state index in [2.05, 4.69) is 35.5 Å². The highest BCUT2D eigenvalue weighted by Crippen LogP contribution is 2.14. The summed E-state index contributed by atoms with van der Waals surface area (Å²) in [4.78, 5) is 24.4. The number of unbranched alkanes of at least 4 members (excludes halogenated alkanes) is 1. The van der Waals surface area contributed by atoms with Crippen molar-refractivity contribution in [3.05, 3.63) is 28.6 Å². The first-order chi connectivity index (χ1) is 12.3. The quantitative estimate of drug-likeness (QED) is 0.300. The Morgan fingerprint density at radius 3 is 2.88 bits per heavy atom. The number of aliphatic imine (C=N–C) groups is 1. The molecule has 0 radical (unpaired) electrons. The lowest BCUT2D eigenvalue weighted by Crippen LogP contribution is -2.26. The molecule has 2 heterocycles. The third-order valence-electron chi connectivity index (χ3n) is 2.91. The predicted molar refractivity (Wildman–Crippen MR) is 85.8 cm³/mol. The molecule has 142 valence electrons. The molecule has 0 bridgehead atoms. The second-order valence-corrected chi connectivity index (χ2v) is 5.10. The van der Waals surface area contributed by atoms with Gasteiger partial charge < -0.3 is 15.8 Å². The monoisotopic (exact) mass is 374 g/mol. The van der Waals surface area contributed by atoms with Gasteiger partial charge in [-0.25, -0.2) is 19.9 Å². The summed E-state index contributed by atoms with van der Waals surface area (Å²) in [5.74, 6) is 0.304. The highest BCUT2D eigenvalue weighted by molar-refractivity contribution is 5.91. The number of alkyl halides is 3. The minimum Gasteiger partial charge on any atom is -0.463 e. The molecular weight excluding hydrogens is 357 g/mol. The summed E-state index contributed by atoms with van der Waals surface area (Å²) in [5, 5.41) is 8.48. The third kappa shape index (κ3) is 7.19. The summed E-state index contributed by atoms with van der Waals surface area (Å²) < 4.78 is 41.6. The first-order valence-corrected chi connectivity index (χ1v) is 7.55. The van der Waals surface area contributed by atoms with Crippen molar-refractivity contribution in [2.75, 3.05) is 18.5 Å². The van der Waals surface area contributed by atoms with Gasteiger partial charge in [0, 0.05) is 12.6 Å². The van der Waals surface area contributed by atoms with Gasteiger partial charge in [-0.05, 0) is 18.9 Å². The Morgan fingerprint density at radius 2 is 2.19 bits per heavy atom. The van der Waals surface area contributed by atoms with Crippen LogP contribution in [0.4, 0.5) is 19.0 Å². The van der Waals surface area contributed by atoms with Crippen LogP contribution in [0.15, 0.2) is 22.1 Å². The smallest absolute Gasteiger partial charge is 0.408 e. The van der Waals surface area contributed by atoms with Crippen LogP contribution in [-0.4, -0.2) is 50.4 Å². The van der Waals surface area contributed by atoms with Crippen molar-refractivity contribution in [3.63, 3.8) is 0 Å². The summed E-state index contributed by atoms with van der Waals surface area (Å²) in [6, 6.07) is 1.46. The molecule has 2 aromatic heterocycles. The van der Waals surface area contributed by atoms with E-state index in [9.17, 15) is 18.0 Å². The van der Waals surface area contributed by atoms with Gasteiger partial charge in [-0.1, -0.05) is 0 Å². The molecule has 13 heteroatoms. The SMILES string of the molecule is NC(=NCC(F)(F)F)Nc1ccnc(OCCCCc2n[nH]c(=O)[nH]2)n1. The zero-order valence-corrected chi connectivity index (χ0v) is 13.5. The van der Waals surface area contributed by atoms with E-state index in [1.165, 1.54) is 12.3 Å². The molecule has 0 unspecified atom stereocenters. The van der Waals surface area contributed by atoms with Gasteiger partial charge in [-0.3, -0.25) is 4.98 Å². The van der Waals surface area contributed by atoms with Gasteiger partial charge in [0.15, 0.2) is 5.96 Å². The van der Waals surface area contributed by atoms with Crippen LogP contribution in [0.5, 0.6) is 6.01 Å². The Morgan fingerprint density at radius 1 is 1.38 bits per heavy atom. The zero-order chi connectivity index (χ0) is 19.0. The summed E-state index contributed by atoms with van der Waals surface area (Å²) in [6.45, 7) is -1.07. The largest absolute Gasteiger partial charge is 0.463 e. The van der Waals surface area contributed by atoms with Crippen LogP contribution < -0.4 is 21.5 Å². The fourth-order valence-corrected chi connectivity index (χ4v) is 1.81. The van der Waals surface area contributed by atoms with Crippen molar-refractivity contribution in [2.45, 2.75) is 25.4 Å². The predicted octanol–water partition coefficient (Wildman–Crippen LogP) is 0.579. The number of nitrogens with zero attached hydrogens (tertiary/aromatic N) is 4. The molecule has 10 nitrogen and oxygen atoms in total. The average Bonchev–Trinajstić information content (AvgIpc) is 2.98. The number of rotatable bonds is 8. The van der Waals surface area contributed by atoms with Crippen LogP contribution in [-0.2, 0) is 6.42 Å². The van der Waals surface area contributed by atoms with E-state index in [1.807, 2.05) is 0 Å². The Hall–Kier alpha value is -3.12. The van der Waals surface area contributed by atoms with E-state index in [-0.39, 0.29) is 17.5 Å². The molecular formula is C13H17F3N8O2. The first kappa shape index (κ1) is 19.2. The fourth-order valence-electron chi connectivity index (χ4n) is 1.81. The number of aromatic amines is 2. The van der Waals surface area contributed by atoms with E-state index < -0.39 is 18.7 Å². The van der Waals surface area contributed by atoms with Gasteiger partial charge >= 0.3 is 17.9 Å². The molecule has 0 saturated heterocycles. The van der Waals surface area contributed by atoms with Gasteiger partial charge in [0.25, 0.3) is 0 Å². The molecule has 0 amide bonds. The lowest BCUT2D eigenvalue weighted by atomic mass is 10.2. The van der Waals surface area contributed by atoms with Crippen LogP contribution in [0.3, 0.4) is 0 Å². The maximum absolute atomic E-state index is 12.1. The highest BCUT2D eigenvalue weighted by Gasteiger charge is 2.26. The van der Waals surface area contributed by atoms with Crippen molar-refractivity contribution >= 4 is 11.8 Å². The number of halogens is 3. The Balaban J connectivity index is 1.75. The molecule has 0 aliphatic carbocycles. The average molecular weight is 374 g/mol. The zero-order valence-electron chi connectivity index (χ0n) is 13.5. The third-order valence-corrected chi connectivity index (χ3v) is 2.91. The molecule has 26 heavy (non-hydrogen) atoms. The van der Waals surface area contributed by atoms with Crippen molar-refractivity contribution in [3.8, 4) is 6.01 Å². The second kappa shape index (κ2) is 8.82. The van der Waals surface area contributed by atoms with Crippen LogP contribution in [0.1, 0.15) is 18.7 Å². The number of nitrogens with two attached hydrogens (primary N) is 1. The molecule has 0 aromatic carbocycles. The molecule has 2 rings (SSSR count). The van der Waals surface area contributed by atoms with E-state index in [1.54, 1.807) is 0 Å². The lowest BCUT2D eigenvalue weighted by Gasteiger charge is -2.08. The summed E-state index contributed by atoms with van der Waals surface area (Å²) in [6.07, 6.45) is -1.11. The fraction of sp³-hybridized carbons (Fsp3) is 0.462. The van der Waals surface area contributed by atoms with Crippen LogP contribution in [0.25, 0.3) is 0 Å². The van der Waals surface area contributed by atoms with Crippen molar-refractivity contribution < 1.29 is 17.9 Å². The number of ether oxygens (including phenoxy) is 1. The normalized spacial score (nSPS) is 12.2. The Labute approximate surface area is 145 Å². The van der Waals surface area contributed by atoms with Crippen LogP contribution in [0.2, 0.25) is 0 Å². The van der Waals surface area contributed by atoms with Gasteiger partial charge in [0.05, 0.1) is 6.61 Å². The van der Waals surface area contributed by atoms with E-state index >= 15 is 0 Å². The molecule has 0 fully saturated rings. The first-order valence-electron chi connectivity index (χ1n) is 7.55. The number of anilines is 1. The number of hydrogen-bond donors (Lipinski definition) is 4. The van der Waals surface area contributed by atoms with Gasteiger partial charge in [0.1, 0.15) is 18.2 Å². The lowest BCUT2D eigenvalue weighted by molar-refractivity contribution is -0.118. The number of aryl methyl sites for hydroxylation is 1. The van der Waals surface area contributed by atoms with Crippen molar-refractivity contribution in [1.29, 1.82) is 0 Å². The van der Waals surface area contributed by atoms with E-state index in [0.717, 1.165) is 6.42 Å². The Bertz CT molecular complexity index is 786. The second-order valence-electron chi connectivity index (χ2n) is 5.10. The maximum Gasteiger partial charge on any atom is 0.408 e. The standard InChI is InChI=1S/C13H17F3N8O2/c14-13(15,16)7-19-10(17)20-8-4-5-18-12(22-8)26-6-2-1-3-9-21-11(25)24-23-9/h4-5H,1-3,6-7H2,(H2,21,23,24,25)(H3,17,18,19,20,22). The molecule has 0 spiro atoms. The molecule has 0 saturated carbocycles. The van der Waals surface area contributed by atoms with Crippen LogP contribution >= 0.6 is 0 Å². The molecule has 0 aliphatic rings. The maximum atomic E-state index is 12.1. The van der Waals surface area contributed by atoms with Gasteiger partial charge in [-0.2, -0.15) is 23.3 Å². The topological polar surface area (TPSA) is 147 Å². The van der Waals surface area contributed by atoms with E-state index in [0.29, 0.717) is 25.3 Å². The van der Waals surface area contributed by atoms with E-state index in [4.69, 9.17) is 10.5 Å². The Kier molecular flexibility index (Phi) is 6.52. The van der Waals surface area contributed by atoms with Gasteiger partial charge in [0.2, 0.25) is 0 Å². The highest BCUT2D eigenvalue weighted by atomic mass is 19.4. The summed E-state index contributed by atoms with van der Waals surface area (Å²) >= 11 is 0. The van der Waals surface area contributed by atoms with Crippen LogP contribution in [0, 0.1) is 0 Å². The number of H-pyrrole nitrogens is 2. The molecule has 2 aromatic rings. The number of hydrogen-bond acceptors (Lipinski definition) is 6.